The highest BCUT2D eigenvalue weighted by molar-refractivity contribution is 5.79. The zero-order chi connectivity index (χ0) is 15.4. The molecule has 116 valence electrons. The van der Waals surface area contributed by atoms with E-state index in [1.165, 1.54) is 0 Å². The fourth-order valence-electron chi connectivity index (χ4n) is 3.79. The van der Waals surface area contributed by atoms with Gasteiger partial charge in [-0.3, -0.25) is 9.80 Å². The molecule has 2 amide bonds. The highest BCUT2D eigenvalue weighted by atomic mass is 16.6. The molecule has 0 radical (unpaired) electrons. The number of fused-ring (bicyclic) bond motifs is 6. The van der Waals surface area contributed by atoms with Crippen LogP contribution in [0.4, 0.5) is 9.59 Å². The van der Waals surface area contributed by atoms with Crippen molar-refractivity contribution in [1.82, 2.24) is 9.80 Å². The summed E-state index contributed by atoms with van der Waals surface area (Å²) in [5, 5.41) is 0. The van der Waals surface area contributed by atoms with E-state index in [1.54, 1.807) is 23.6 Å². The lowest BCUT2D eigenvalue weighted by Gasteiger charge is -2.10. The Morgan fingerprint density at radius 1 is 0.909 bits per heavy atom. The van der Waals surface area contributed by atoms with Crippen LogP contribution >= 0.6 is 0 Å². The summed E-state index contributed by atoms with van der Waals surface area (Å²) in [6.45, 7) is 4.30. The van der Waals surface area contributed by atoms with E-state index in [0.29, 0.717) is 13.2 Å². The van der Waals surface area contributed by atoms with Crippen LogP contribution in [0.15, 0.2) is 24.3 Å². The van der Waals surface area contributed by atoms with Crippen molar-refractivity contribution in [3.8, 4) is 0 Å². The highest BCUT2D eigenvalue weighted by Crippen LogP contribution is 2.64. The number of nitrogens with zero attached hydrogens (tertiary/aromatic N) is 2. The molecule has 2 fully saturated rings. The molecule has 0 spiro atoms. The smallest absolute Gasteiger partial charge is 0.410 e. The zero-order valence-electron chi connectivity index (χ0n) is 12.6. The Balaban J connectivity index is 1.66. The molecule has 0 aromatic heterocycles. The van der Waals surface area contributed by atoms with Crippen molar-refractivity contribution in [2.45, 2.75) is 38.0 Å². The number of ether oxygens (including phenoxy) is 2. The van der Waals surface area contributed by atoms with E-state index in [2.05, 4.69) is 0 Å². The Kier molecular flexibility index (Phi) is 2.82. The van der Waals surface area contributed by atoms with E-state index in [-0.39, 0.29) is 36.4 Å². The predicted molar refractivity (Wildman–Crippen MR) is 77.2 cm³/mol. The number of carbonyl (C=O) groups excluding carboxylic acids is 2. The van der Waals surface area contributed by atoms with Crippen LogP contribution in [-0.4, -0.2) is 47.3 Å². The minimum absolute atomic E-state index is 0.0170. The van der Waals surface area contributed by atoms with Gasteiger partial charge >= 0.3 is 12.2 Å². The standard InChI is InChI=1S/C16H18N2O4/c1-3-21-15(19)17-11-9-7-5-6-8-10(9)12-14(13(11)17)18(12)16(20)22-4-2/h5-8,11-14H,3-4H2,1-2H3. The van der Waals surface area contributed by atoms with Gasteiger partial charge in [0.15, 0.2) is 0 Å². The second-order valence-corrected chi connectivity index (χ2v) is 5.71. The molecule has 1 aliphatic carbocycles. The summed E-state index contributed by atoms with van der Waals surface area (Å²) < 4.78 is 10.3. The summed E-state index contributed by atoms with van der Waals surface area (Å²) in [5.41, 5.74) is 2.24. The number of hydrogen-bond donors (Lipinski definition) is 0. The first-order chi connectivity index (χ1) is 10.7. The van der Waals surface area contributed by atoms with Crippen LogP contribution in [0.25, 0.3) is 0 Å². The van der Waals surface area contributed by atoms with Crippen LogP contribution in [0.3, 0.4) is 0 Å². The number of hydrogen-bond acceptors (Lipinski definition) is 4. The fourth-order valence-corrected chi connectivity index (χ4v) is 3.79. The lowest BCUT2D eigenvalue weighted by atomic mass is 9.92. The molecule has 0 N–H and O–H groups in total. The van der Waals surface area contributed by atoms with Crippen LogP contribution in [0.5, 0.6) is 0 Å². The molecule has 22 heavy (non-hydrogen) atoms. The second kappa shape index (κ2) is 4.63. The van der Waals surface area contributed by atoms with Crippen molar-refractivity contribution in [2.24, 2.45) is 0 Å². The van der Waals surface area contributed by atoms with Gasteiger partial charge in [0.25, 0.3) is 0 Å². The van der Waals surface area contributed by atoms with Gasteiger partial charge in [-0.25, -0.2) is 9.59 Å². The molecule has 2 saturated heterocycles. The summed E-state index contributed by atoms with van der Waals surface area (Å²) in [6, 6.07) is 8.08. The summed E-state index contributed by atoms with van der Waals surface area (Å²) in [6.07, 6.45) is -0.604. The van der Waals surface area contributed by atoms with Crippen molar-refractivity contribution in [2.75, 3.05) is 13.2 Å². The van der Waals surface area contributed by atoms with E-state index >= 15 is 0 Å². The molecule has 4 atom stereocenters. The summed E-state index contributed by atoms with van der Waals surface area (Å²) in [4.78, 5) is 27.7. The molecule has 4 rings (SSSR count). The van der Waals surface area contributed by atoms with Crippen LogP contribution in [0, 0.1) is 0 Å². The molecule has 1 aromatic carbocycles. The van der Waals surface area contributed by atoms with Gasteiger partial charge in [0.05, 0.1) is 37.4 Å². The maximum Gasteiger partial charge on any atom is 0.410 e. The van der Waals surface area contributed by atoms with Crippen molar-refractivity contribution >= 4 is 12.2 Å². The fraction of sp³-hybridized carbons (Fsp3) is 0.500. The predicted octanol–water partition coefficient (Wildman–Crippen LogP) is 2.46. The first-order valence-electron chi connectivity index (χ1n) is 7.69. The van der Waals surface area contributed by atoms with Gasteiger partial charge in [0, 0.05) is 0 Å². The quantitative estimate of drug-likeness (QED) is 0.787. The average Bonchev–Trinajstić information content (AvgIpc) is 3.39. The number of carbonyl (C=O) groups is 2. The van der Waals surface area contributed by atoms with Crippen LogP contribution < -0.4 is 0 Å². The van der Waals surface area contributed by atoms with Gasteiger partial charge in [0.2, 0.25) is 0 Å². The largest absolute Gasteiger partial charge is 0.450 e. The van der Waals surface area contributed by atoms with E-state index in [4.69, 9.17) is 9.47 Å². The van der Waals surface area contributed by atoms with Crippen LogP contribution in [0.1, 0.15) is 37.1 Å². The zero-order valence-corrected chi connectivity index (χ0v) is 12.6. The number of amides is 2. The molecule has 0 bridgehead atoms. The minimum atomic E-state index is -0.302. The van der Waals surface area contributed by atoms with Crippen molar-refractivity contribution in [3.05, 3.63) is 35.4 Å². The summed E-state index contributed by atoms with van der Waals surface area (Å²) >= 11 is 0. The van der Waals surface area contributed by atoms with Crippen LogP contribution in [-0.2, 0) is 9.47 Å². The van der Waals surface area contributed by atoms with E-state index in [1.807, 2.05) is 24.3 Å². The van der Waals surface area contributed by atoms with Crippen molar-refractivity contribution in [1.29, 1.82) is 0 Å². The summed E-state index contributed by atoms with van der Waals surface area (Å²) in [7, 11) is 0. The molecule has 2 heterocycles. The van der Waals surface area contributed by atoms with E-state index in [0.717, 1.165) is 11.1 Å². The normalized spacial score (nSPS) is 29.9. The molecule has 3 aliphatic rings. The third-order valence-electron chi connectivity index (χ3n) is 4.65. The first kappa shape index (κ1) is 13.4. The van der Waals surface area contributed by atoms with Gasteiger partial charge in [-0.15, -0.1) is 0 Å². The van der Waals surface area contributed by atoms with Crippen molar-refractivity contribution in [3.63, 3.8) is 0 Å². The molecular formula is C16H18N2O4. The van der Waals surface area contributed by atoms with Gasteiger partial charge in [-0.1, -0.05) is 24.3 Å². The molecule has 0 saturated carbocycles. The Morgan fingerprint density at radius 2 is 1.32 bits per heavy atom. The molecular weight excluding hydrogens is 284 g/mol. The second-order valence-electron chi connectivity index (χ2n) is 5.71. The lowest BCUT2D eigenvalue weighted by molar-refractivity contribution is 0.126. The maximum absolute atomic E-state index is 12.1. The molecule has 6 heteroatoms. The minimum Gasteiger partial charge on any atom is -0.450 e. The molecule has 2 aliphatic heterocycles. The molecule has 1 aromatic rings. The first-order valence-corrected chi connectivity index (χ1v) is 7.69. The molecule has 6 nitrogen and oxygen atoms in total. The third-order valence-corrected chi connectivity index (χ3v) is 4.65. The maximum atomic E-state index is 12.1. The Labute approximate surface area is 128 Å². The van der Waals surface area contributed by atoms with Crippen molar-refractivity contribution < 1.29 is 19.1 Å². The number of benzene rings is 1. The summed E-state index contributed by atoms with van der Waals surface area (Å²) in [5.74, 6) is 0. The SMILES string of the molecule is CCOC(=O)N1C2c3ccccc3C3C(C21)N3C(=O)OCC. The highest BCUT2D eigenvalue weighted by Gasteiger charge is 2.73. The average molecular weight is 302 g/mol. The van der Waals surface area contributed by atoms with Gasteiger partial charge < -0.3 is 9.47 Å². The topological polar surface area (TPSA) is 58.6 Å². The Morgan fingerprint density at radius 3 is 1.68 bits per heavy atom. The van der Waals surface area contributed by atoms with Gasteiger partial charge in [-0.05, 0) is 25.0 Å². The Hall–Kier alpha value is -2.24. The van der Waals surface area contributed by atoms with Gasteiger partial charge in [0.1, 0.15) is 0 Å². The Bertz CT molecular complexity index is 592. The number of rotatable bonds is 2. The van der Waals surface area contributed by atoms with Crippen LogP contribution in [0.2, 0.25) is 0 Å². The van der Waals surface area contributed by atoms with E-state index < -0.39 is 0 Å². The molecule has 4 unspecified atom stereocenters. The van der Waals surface area contributed by atoms with Gasteiger partial charge in [-0.2, -0.15) is 0 Å². The lowest BCUT2D eigenvalue weighted by Crippen LogP contribution is -2.22. The third kappa shape index (κ3) is 1.66. The van der Waals surface area contributed by atoms with E-state index in [9.17, 15) is 9.59 Å². The monoisotopic (exact) mass is 302 g/mol.